The fourth-order valence-electron chi connectivity index (χ4n) is 1.12. The molecular formula is C9H15N3O3. The van der Waals surface area contributed by atoms with Gasteiger partial charge < -0.3 is 15.2 Å². The first kappa shape index (κ1) is 11.5. The minimum Gasteiger partial charge on any atom is -0.487 e. The Morgan fingerprint density at radius 1 is 1.40 bits per heavy atom. The summed E-state index contributed by atoms with van der Waals surface area (Å²) in [5, 5.41) is 0. The van der Waals surface area contributed by atoms with Crippen LogP contribution in [0.25, 0.3) is 0 Å². The molecule has 6 nitrogen and oxygen atoms in total. The van der Waals surface area contributed by atoms with E-state index in [1.807, 2.05) is 6.92 Å². The van der Waals surface area contributed by atoms with Crippen molar-refractivity contribution >= 4 is 5.95 Å². The zero-order chi connectivity index (χ0) is 11.3. The lowest BCUT2D eigenvalue weighted by molar-refractivity contribution is 0.128. The van der Waals surface area contributed by atoms with Crippen molar-refractivity contribution in [1.82, 2.24) is 9.97 Å². The quantitative estimate of drug-likeness (QED) is 0.733. The third kappa shape index (κ3) is 2.95. The highest BCUT2D eigenvalue weighted by atomic mass is 16.5. The molecule has 0 atom stereocenters. The van der Waals surface area contributed by atoms with E-state index in [4.69, 9.17) is 15.2 Å². The van der Waals surface area contributed by atoms with Crippen LogP contribution in [0.2, 0.25) is 0 Å². The molecule has 1 aromatic heterocycles. The van der Waals surface area contributed by atoms with Gasteiger partial charge >= 0.3 is 0 Å². The standard InChI is InChI=1S/C9H15N3O3/c1-3-14-5-6-7(15-4-2)8(13)12-9(10)11-6/h3-5H2,1-2H3,(H3,10,11,12,13). The first-order valence-corrected chi connectivity index (χ1v) is 4.78. The molecule has 0 amide bonds. The van der Waals surface area contributed by atoms with Gasteiger partial charge in [-0.1, -0.05) is 0 Å². The topological polar surface area (TPSA) is 90.2 Å². The van der Waals surface area contributed by atoms with Crippen molar-refractivity contribution in [2.45, 2.75) is 20.5 Å². The maximum Gasteiger partial charge on any atom is 0.295 e. The minimum absolute atomic E-state index is 0.0677. The molecule has 0 aromatic carbocycles. The molecule has 1 heterocycles. The van der Waals surface area contributed by atoms with Gasteiger partial charge in [-0.2, -0.15) is 0 Å². The Balaban J connectivity index is 3.03. The van der Waals surface area contributed by atoms with Gasteiger partial charge in [0.2, 0.25) is 11.7 Å². The minimum atomic E-state index is -0.376. The fraction of sp³-hybridized carbons (Fsp3) is 0.556. The largest absolute Gasteiger partial charge is 0.487 e. The molecule has 0 aliphatic rings. The molecule has 0 saturated heterocycles. The first-order chi connectivity index (χ1) is 7.19. The van der Waals surface area contributed by atoms with Crippen LogP contribution in [0, 0.1) is 0 Å². The van der Waals surface area contributed by atoms with Gasteiger partial charge in [-0.15, -0.1) is 0 Å². The summed E-state index contributed by atoms with van der Waals surface area (Å²) in [6.45, 7) is 4.81. The lowest BCUT2D eigenvalue weighted by Crippen LogP contribution is -2.18. The van der Waals surface area contributed by atoms with Crippen LogP contribution in [0.15, 0.2) is 4.79 Å². The number of nitrogens with two attached hydrogens (primary N) is 1. The first-order valence-electron chi connectivity index (χ1n) is 4.78. The number of nitrogens with zero attached hydrogens (tertiary/aromatic N) is 1. The van der Waals surface area contributed by atoms with Crippen LogP contribution in [0.3, 0.4) is 0 Å². The van der Waals surface area contributed by atoms with Gasteiger partial charge in [0.1, 0.15) is 5.69 Å². The second-order valence-electron chi connectivity index (χ2n) is 2.80. The predicted octanol–water partition coefficient (Wildman–Crippen LogP) is 0.287. The SMILES string of the molecule is CCOCc1nc(N)[nH]c(=O)c1OCC. The van der Waals surface area contributed by atoms with E-state index in [0.29, 0.717) is 18.9 Å². The van der Waals surface area contributed by atoms with E-state index in [9.17, 15) is 4.79 Å². The van der Waals surface area contributed by atoms with Crippen LogP contribution in [-0.4, -0.2) is 23.2 Å². The van der Waals surface area contributed by atoms with Crippen LogP contribution in [0.1, 0.15) is 19.5 Å². The fourth-order valence-corrected chi connectivity index (χ4v) is 1.12. The summed E-state index contributed by atoms with van der Waals surface area (Å²) >= 11 is 0. The average molecular weight is 213 g/mol. The summed E-state index contributed by atoms with van der Waals surface area (Å²) in [4.78, 5) is 17.8. The second-order valence-corrected chi connectivity index (χ2v) is 2.80. The second kappa shape index (κ2) is 5.35. The summed E-state index contributed by atoms with van der Waals surface area (Å²) in [5.41, 5.74) is 5.47. The van der Waals surface area contributed by atoms with Crippen molar-refractivity contribution < 1.29 is 9.47 Å². The van der Waals surface area contributed by atoms with Gasteiger partial charge in [-0.05, 0) is 13.8 Å². The lowest BCUT2D eigenvalue weighted by Gasteiger charge is -2.08. The molecule has 1 aromatic rings. The van der Waals surface area contributed by atoms with Crippen molar-refractivity contribution in [3.63, 3.8) is 0 Å². The predicted molar refractivity (Wildman–Crippen MR) is 55.8 cm³/mol. The van der Waals surface area contributed by atoms with E-state index >= 15 is 0 Å². The highest BCUT2D eigenvalue weighted by molar-refractivity contribution is 5.30. The Morgan fingerprint density at radius 3 is 2.73 bits per heavy atom. The van der Waals surface area contributed by atoms with Crippen LogP contribution in [-0.2, 0) is 11.3 Å². The van der Waals surface area contributed by atoms with Crippen molar-refractivity contribution in [3.8, 4) is 5.75 Å². The summed E-state index contributed by atoms with van der Waals surface area (Å²) in [6.07, 6.45) is 0. The van der Waals surface area contributed by atoms with E-state index < -0.39 is 0 Å². The summed E-state index contributed by atoms with van der Waals surface area (Å²) in [6, 6.07) is 0. The molecular weight excluding hydrogens is 198 g/mol. The van der Waals surface area contributed by atoms with E-state index in [1.54, 1.807) is 6.92 Å². The molecule has 6 heteroatoms. The van der Waals surface area contributed by atoms with Gasteiger partial charge in [0.25, 0.3) is 5.56 Å². The zero-order valence-corrected chi connectivity index (χ0v) is 8.87. The van der Waals surface area contributed by atoms with E-state index in [-0.39, 0.29) is 23.9 Å². The number of nitrogen functional groups attached to an aromatic ring is 1. The van der Waals surface area contributed by atoms with Crippen LogP contribution in [0.4, 0.5) is 5.95 Å². The van der Waals surface area contributed by atoms with Crippen molar-refractivity contribution in [2.75, 3.05) is 18.9 Å². The Morgan fingerprint density at radius 2 is 2.13 bits per heavy atom. The van der Waals surface area contributed by atoms with Crippen molar-refractivity contribution in [2.24, 2.45) is 0 Å². The normalized spacial score (nSPS) is 10.3. The third-order valence-corrected chi connectivity index (χ3v) is 1.70. The van der Waals surface area contributed by atoms with Crippen molar-refractivity contribution in [1.29, 1.82) is 0 Å². The van der Waals surface area contributed by atoms with Gasteiger partial charge in [0.15, 0.2) is 0 Å². The van der Waals surface area contributed by atoms with Crippen LogP contribution in [0.5, 0.6) is 5.75 Å². The molecule has 0 unspecified atom stereocenters. The number of H-pyrrole nitrogens is 1. The van der Waals surface area contributed by atoms with E-state index in [2.05, 4.69) is 9.97 Å². The molecule has 3 N–H and O–H groups in total. The number of aromatic amines is 1. The van der Waals surface area contributed by atoms with Gasteiger partial charge in [0, 0.05) is 6.61 Å². The maximum atomic E-state index is 11.5. The molecule has 1 rings (SSSR count). The number of anilines is 1. The molecule has 0 spiro atoms. The number of hydrogen-bond acceptors (Lipinski definition) is 5. The van der Waals surface area contributed by atoms with Crippen LogP contribution >= 0.6 is 0 Å². The number of hydrogen-bond donors (Lipinski definition) is 2. The molecule has 84 valence electrons. The Labute approximate surface area is 87.4 Å². The molecule has 0 fully saturated rings. The van der Waals surface area contributed by atoms with E-state index in [0.717, 1.165) is 0 Å². The molecule has 0 aliphatic carbocycles. The summed E-state index contributed by atoms with van der Waals surface area (Å²) < 4.78 is 10.3. The molecule has 0 bridgehead atoms. The van der Waals surface area contributed by atoms with Crippen LogP contribution < -0.4 is 16.0 Å². The number of ether oxygens (including phenoxy) is 2. The Bertz CT molecular complexity index is 375. The Hall–Kier alpha value is -1.56. The third-order valence-electron chi connectivity index (χ3n) is 1.70. The van der Waals surface area contributed by atoms with E-state index in [1.165, 1.54) is 0 Å². The summed E-state index contributed by atoms with van der Waals surface area (Å²) in [7, 11) is 0. The highest BCUT2D eigenvalue weighted by Gasteiger charge is 2.11. The molecule has 15 heavy (non-hydrogen) atoms. The maximum absolute atomic E-state index is 11.5. The zero-order valence-electron chi connectivity index (χ0n) is 8.87. The number of aromatic nitrogens is 2. The summed E-state index contributed by atoms with van der Waals surface area (Å²) in [5.74, 6) is 0.248. The van der Waals surface area contributed by atoms with Gasteiger partial charge in [-0.25, -0.2) is 4.98 Å². The highest BCUT2D eigenvalue weighted by Crippen LogP contribution is 2.11. The smallest absolute Gasteiger partial charge is 0.295 e. The monoisotopic (exact) mass is 213 g/mol. The lowest BCUT2D eigenvalue weighted by atomic mass is 10.4. The van der Waals surface area contributed by atoms with Crippen molar-refractivity contribution in [3.05, 3.63) is 16.0 Å². The van der Waals surface area contributed by atoms with Gasteiger partial charge in [0.05, 0.1) is 13.2 Å². The molecule has 0 aliphatic heterocycles. The number of nitrogens with one attached hydrogen (secondary N) is 1. The average Bonchev–Trinajstić information content (AvgIpc) is 2.19. The number of rotatable bonds is 5. The Kier molecular flexibility index (Phi) is 4.11. The molecule has 0 saturated carbocycles. The molecule has 0 radical (unpaired) electrons. The van der Waals surface area contributed by atoms with Gasteiger partial charge in [-0.3, -0.25) is 9.78 Å².